The Labute approximate surface area is 110 Å². The van der Waals surface area contributed by atoms with E-state index in [9.17, 15) is 4.79 Å². The van der Waals surface area contributed by atoms with Gasteiger partial charge in [0, 0.05) is 5.88 Å². The fourth-order valence-electron chi connectivity index (χ4n) is 1.23. The van der Waals surface area contributed by atoms with Crippen molar-refractivity contribution in [2.24, 2.45) is 0 Å². The molecule has 6 heteroatoms. The van der Waals surface area contributed by atoms with Gasteiger partial charge in [-0.25, -0.2) is 4.68 Å². The SMILES string of the molecule is CC(C)(C)n1ncc(OCCCCl)c(Cl)c1=O. The number of hydrogen-bond donors (Lipinski definition) is 0. The largest absolute Gasteiger partial charge is 0.490 e. The van der Waals surface area contributed by atoms with Crippen molar-refractivity contribution in [2.75, 3.05) is 12.5 Å². The predicted octanol–water partition coefficient (Wildman–Crippen LogP) is 2.66. The summed E-state index contributed by atoms with van der Waals surface area (Å²) in [6, 6.07) is 0. The second-order valence-electron chi connectivity index (χ2n) is 4.60. The number of alkyl halides is 1. The molecule has 0 aliphatic rings. The van der Waals surface area contributed by atoms with Crippen molar-refractivity contribution >= 4 is 23.2 Å². The molecule has 1 heterocycles. The van der Waals surface area contributed by atoms with Gasteiger partial charge in [0.25, 0.3) is 5.56 Å². The van der Waals surface area contributed by atoms with Crippen molar-refractivity contribution in [1.82, 2.24) is 9.78 Å². The smallest absolute Gasteiger partial charge is 0.289 e. The highest BCUT2D eigenvalue weighted by molar-refractivity contribution is 6.31. The fraction of sp³-hybridized carbons (Fsp3) is 0.636. The maximum absolute atomic E-state index is 11.9. The number of hydrogen-bond acceptors (Lipinski definition) is 3. The molecule has 0 fully saturated rings. The minimum Gasteiger partial charge on any atom is -0.490 e. The zero-order valence-electron chi connectivity index (χ0n) is 10.2. The quantitative estimate of drug-likeness (QED) is 0.628. The maximum Gasteiger partial charge on any atom is 0.289 e. The summed E-state index contributed by atoms with van der Waals surface area (Å²) < 4.78 is 6.67. The fourth-order valence-corrected chi connectivity index (χ4v) is 1.53. The molecule has 0 saturated heterocycles. The Morgan fingerprint density at radius 3 is 2.65 bits per heavy atom. The zero-order valence-corrected chi connectivity index (χ0v) is 11.7. The van der Waals surface area contributed by atoms with Crippen LogP contribution in [-0.4, -0.2) is 22.3 Å². The van der Waals surface area contributed by atoms with Gasteiger partial charge in [-0.05, 0) is 27.2 Å². The van der Waals surface area contributed by atoms with Gasteiger partial charge in [0.15, 0.2) is 10.8 Å². The van der Waals surface area contributed by atoms with Gasteiger partial charge in [0.2, 0.25) is 0 Å². The minimum atomic E-state index is -0.407. The van der Waals surface area contributed by atoms with E-state index in [2.05, 4.69) is 5.10 Å². The Morgan fingerprint density at radius 1 is 1.47 bits per heavy atom. The molecule has 0 bridgehead atoms. The summed E-state index contributed by atoms with van der Waals surface area (Å²) in [7, 11) is 0. The van der Waals surface area contributed by atoms with Crippen LogP contribution < -0.4 is 10.3 Å². The lowest BCUT2D eigenvalue weighted by Crippen LogP contribution is -2.36. The Balaban J connectivity index is 2.99. The minimum absolute atomic E-state index is 0.0597. The van der Waals surface area contributed by atoms with Gasteiger partial charge in [0.1, 0.15) is 0 Å². The normalized spacial score (nSPS) is 11.6. The van der Waals surface area contributed by atoms with Gasteiger partial charge >= 0.3 is 0 Å². The molecule has 0 saturated carbocycles. The molecule has 0 atom stereocenters. The molecule has 0 N–H and O–H groups in total. The van der Waals surface area contributed by atoms with Crippen LogP contribution >= 0.6 is 23.2 Å². The van der Waals surface area contributed by atoms with Crippen molar-refractivity contribution in [2.45, 2.75) is 32.7 Å². The van der Waals surface area contributed by atoms with Crippen LogP contribution in [0.3, 0.4) is 0 Å². The average molecular weight is 279 g/mol. The summed E-state index contributed by atoms with van der Waals surface area (Å²) in [5.41, 5.74) is -0.752. The van der Waals surface area contributed by atoms with Gasteiger partial charge in [-0.2, -0.15) is 5.10 Å². The zero-order chi connectivity index (χ0) is 13.1. The molecule has 0 aromatic carbocycles. The lowest BCUT2D eigenvalue weighted by atomic mass is 10.1. The van der Waals surface area contributed by atoms with E-state index in [1.165, 1.54) is 10.9 Å². The Morgan fingerprint density at radius 2 is 2.12 bits per heavy atom. The van der Waals surface area contributed by atoms with E-state index in [0.29, 0.717) is 24.7 Å². The Bertz CT molecular complexity index is 438. The average Bonchev–Trinajstić information content (AvgIpc) is 2.23. The van der Waals surface area contributed by atoms with E-state index in [4.69, 9.17) is 27.9 Å². The highest BCUT2D eigenvalue weighted by Gasteiger charge is 2.19. The van der Waals surface area contributed by atoms with Crippen molar-refractivity contribution in [1.29, 1.82) is 0 Å². The first-order chi connectivity index (χ1) is 7.88. The molecule has 4 nitrogen and oxygen atoms in total. The molecule has 0 unspecified atom stereocenters. The first-order valence-electron chi connectivity index (χ1n) is 5.35. The highest BCUT2D eigenvalue weighted by atomic mass is 35.5. The predicted molar refractivity (Wildman–Crippen MR) is 69.3 cm³/mol. The lowest BCUT2D eigenvalue weighted by Gasteiger charge is -2.21. The maximum atomic E-state index is 11.9. The Hall–Kier alpha value is -0.740. The third kappa shape index (κ3) is 3.61. The van der Waals surface area contributed by atoms with Crippen molar-refractivity contribution in [3.05, 3.63) is 21.6 Å². The third-order valence-electron chi connectivity index (χ3n) is 2.06. The molecular weight excluding hydrogens is 263 g/mol. The third-order valence-corrected chi connectivity index (χ3v) is 2.67. The van der Waals surface area contributed by atoms with Gasteiger partial charge in [-0.1, -0.05) is 11.6 Å². The van der Waals surface area contributed by atoms with Crippen LogP contribution in [0.1, 0.15) is 27.2 Å². The van der Waals surface area contributed by atoms with Crippen LogP contribution in [-0.2, 0) is 5.54 Å². The van der Waals surface area contributed by atoms with Gasteiger partial charge in [-0.15, -0.1) is 11.6 Å². The Kier molecular flexibility index (Phi) is 4.83. The first kappa shape index (κ1) is 14.3. The van der Waals surface area contributed by atoms with Crippen LogP contribution in [0.2, 0.25) is 5.02 Å². The van der Waals surface area contributed by atoms with E-state index in [1.807, 2.05) is 20.8 Å². The van der Waals surface area contributed by atoms with Crippen molar-refractivity contribution in [3.63, 3.8) is 0 Å². The molecule has 0 radical (unpaired) electrons. The molecule has 96 valence electrons. The van der Waals surface area contributed by atoms with Crippen molar-refractivity contribution < 1.29 is 4.74 Å². The molecule has 0 aliphatic carbocycles. The molecule has 1 aromatic heterocycles. The van der Waals surface area contributed by atoms with Crippen LogP contribution in [0.15, 0.2) is 11.0 Å². The van der Waals surface area contributed by atoms with E-state index >= 15 is 0 Å². The number of aromatic nitrogens is 2. The van der Waals surface area contributed by atoms with Gasteiger partial charge in [-0.3, -0.25) is 4.79 Å². The van der Waals surface area contributed by atoms with Crippen molar-refractivity contribution in [3.8, 4) is 5.75 Å². The molecule has 0 amide bonds. The first-order valence-corrected chi connectivity index (χ1v) is 6.26. The molecule has 17 heavy (non-hydrogen) atoms. The molecule has 0 spiro atoms. The monoisotopic (exact) mass is 278 g/mol. The highest BCUT2D eigenvalue weighted by Crippen LogP contribution is 2.20. The summed E-state index contributed by atoms with van der Waals surface area (Å²) in [5.74, 6) is 0.812. The second kappa shape index (κ2) is 5.74. The standard InChI is InChI=1S/C11H16Cl2N2O2/c1-11(2,3)15-10(16)9(13)8(7-14-15)17-6-4-5-12/h7H,4-6H2,1-3H3. The number of nitrogens with zero attached hydrogens (tertiary/aromatic N) is 2. The molecule has 1 rings (SSSR count). The van der Waals surface area contributed by atoms with Crippen LogP contribution in [0.5, 0.6) is 5.75 Å². The van der Waals surface area contributed by atoms with E-state index < -0.39 is 5.54 Å². The summed E-state index contributed by atoms with van der Waals surface area (Å²) in [6.45, 7) is 6.06. The summed E-state index contributed by atoms with van der Waals surface area (Å²) in [5, 5.41) is 4.11. The summed E-state index contributed by atoms with van der Waals surface area (Å²) >= 11 is 11.5. The van der Waals surface area contributed by atoms with Gasteiger partial charge in [0.05, 0.1) is 18.3 Å². The van der Waals surface area contributed by atoms with E-state index in [0.717, 1.165) is 0 Å². The molecular formula is C11H16Cl2N2O2. The number of rotatable bonds is 4. The van der Waals surface area contributed by atoms with Crippen LogP contribution in [0.25, 0.3) is 0 Å². The lowest BCUT2D eigenvalue weighted by molar-refractivity contribution is 0.301. The molecule has 1 aromatic rings. The second-order valence-corrected chi connectivity index (χ2v) is 5.36. The van der Waals surface area contributed by atoms with Crippen LogP contribution in [0.4, 0.5) is 0 Å². The van der Waals surface area contributed by atoms with E-state index in [-0.39, 0.29) is 10.6 Å². The van der Waals surface area contributed by atoms with Gasteiger partial charge < -0.3 is 4.74 Å². The summed E-state index contributed by atoms with van der Waals surface area (Å²) in [4.78, 5) is 11.9. The van der Waals surface area contributed by atoms with Crippen LogP contribution in [0, 0.1) is 0 Å². The number of ether oxygens (including phenoxy) is 1. The summed E-state index contributed by atoms with van der Waals surface area (Å²) in [6.07, 6.45) is 2.16. The van der Waals surface area contributed by atoms with E-state index in [1.54, 1.807) is 0 Å². The molecule has 0 aliphatic heterocycles. The topological polar surface area (TPSA) is 44.1 Å². The number of halogens is 2.